The van der Waals surface area contributed by atoms with E-state index in [-0.39, 0.29) is 12.5 Å². The summed E-state index contributed by atoms with van der Waals surface area (Å²) in [5.74, 6) is 0.468. The van der Waals surface area contributed by atoms with Gasteiger partial charge >= 0.3 is 0 Å². The molecule has 0 aliphatic heterocycles. The largest absolute Gasteiger partial charge is 0.395 e. The van der Waals surface area contributed by atoms with Gasteiger partial charge in [0.1, 0.15) is 5.82 Å². The number of amides is 1. The van der Waals surface area contributed by atoms with Crippen LogP contribution in [0.25, 0.3) is 0 Å². The third-order valence-corrected chi connectivity index (χ3v) is 3.01. The fourth-order valence-electron chi connectivity index (χ4n) is 1.79. The van der Waals surface area contributed by atoms with Gasteiger partial charge in [-0.3, -0.25) is 4.79 Å². The summed E-state index contributed by atoms with van der Waals surface area (Å²) in [5.41, 5.74) is 0.526. The van der Waals surface area contributed by atoms with Gasteiger partial charge in [-0.1, -0.05) is 6.92 Å². The van der Waals surface area contributed by atoms with Crippen LogP contribution in [0.5, 0.6) is 0 Å². The summed E-state index contributed by atoms with van der Waals surface area (Å²) >= 11 is 3.33. The lowest BCUT2D eigenvalue weighted by atomic mass is 10.2. The molecule has 19 heavy (non-hydrogen) atoms. The van der Waals surface area contributed by atoms with Crippen LogP contribution in [0.3, 0.4) is 0 Å². The number of aliphatic hydroxyl groups excluding tert-OH is 1. The van der Waals surface area contributed by atoms with Gasteiger partial charge < -0.3 is 15.3 Å². The highest BCUT2D eigenvalue weighted by molar-refractivity contribution is 9.10. The van der Waals surface area contributed by atoms with Crippen LogP contribution < -0.4 is 5.32 Å². The average molecular weight is 330 g/mol. The maximum Gasteiger partial charge on any atom is 0.257 e. The Balaban J connectivity index is 3.03. The molecule has 0 unspecified atom stereocenters. The van der Waals surface area contributed by atoms with Crippen molar-refractivity contribution < 1.29 is 9.90 Å². The van der Waals surface area contributed by atoms with Gasteiger partial charge in [-0.15, -0.1) is 0 Å². The summed E-state index contributed by atoms with van der Waals surface area (Å²) in [6.07, 6.45) is 2.51. The SMILES string of the molecule is CCCN(CCO)C(=O)c1cc(Br)cnc1NCC. The summed E-state index contributed by atoms with van der Waals surface area (Å²) in [4.78, 5) is 18.4. The van der Waals surface area contributed by atoms with Gasteiger partial charge in [0.05, 0.1) is 12.2 Å². The first kappa shape index (κ1) is 15.9. The van der Waals surface area contributed by atoms with Crippen molar-refractivity contribution >= 4 is 27.7 Å². The lowest BCUT2D eigenvalue weighted by Crippen LogP contribution is -2.34. The topological polar surface area (TPSA) is 65.5 Å². The molecule has 1 rings (SSSR count). The van der Waals surface area contributed by atoms with Crippen molar-refractivity contribution in [3.8, 4) is 0 Å². The van der Waals surface area contributed by atoms with E-state index >= 15 is 0 Å². The summed E-state index contributed by atoms with van der Waals surface area (Å²) in [5, 5.41) is 12.1. The molecule has 1 aromatic rings. The zero-order valence-corrected chi connectivity index (χ0v) is 12.9. The zero-order chi connectivity index (χ0) is 14.3. The van der Waals surface area contributed by atoms with Gasteiger partial charge in [0.15, 0.2) is 0 Å². The molecule has 5 nitrogen and oxygen atoms in total. The first-order valence-electron chi connectivity index (χ1n) is 6.43. The summed E-state index contributed by atoms with van der Waals surface area (Å²) in [6.45, 7) is 5.58. The molecule has 6 heteroatoms. The number of hydrogen-bond donors (Lipinski definition) is 2. The number of aromatic nitrogens is 1. The Labute approximate surface area is 122 Å². The number of hydrogen-bond acceptors (Lipinski definition) is 4. The second-order valence-electron chi connectivity index (χ2n) is 4.10. The maximum atomic E-state index is 12.5. The van der Waals surface area contributed by atoms with Gasteiger partial charge in [-0.05, 0) is 35.3 Å². The van der Waals surface area contributed by atoms with Crippen LogP contribution in [0.15, 0.2) is 16.7 Å². The molecule has 0 aromatic carbocycles. The van der Waals surface area contributed by atoms with Crippen LogP contribution in [0.4, 0.5) is 5.82 Å². The van der Waals surface area contributed by atoms with E-state index in [1.54, 1.807) is 17.2 Å². The van der Waals surface area contributed by atoms with E-state index in [1.807, 2.05) is 13.8 Å². The van der Waals surface area contributed by atoms with Crippen molar-refractivity contribution in [2.45, 2.75) is 20.3 Å². The molecule has 0 radical (unpaired) electrons. The highest BCUT2D eigenvalue weighted by Gasteiger charge is 2.19. The zero-order valence-electron chi connectivity index (χ0n) is 11.3. The minimum absolute atomic E-state index is 0.0380. The number of rotatable bonds is 7. The first-order valence-corrected chi connectivity index (χ1v) is 7.22. The van der Waals surface area contributed by atoms with Crippen molar-refractivity contribution in [2.24, 2.45) is 0 Å². The monoisotopic (exact) mass is 329 g/mol. The fraction of sp³-hybridized carbons (Fsp3) is 0.538. The third-order valence-electron chi connectivity index (χ3n) is 2.58. The molecule has 2 N–H and O–H groups in total. The molecule has 0 bridgehead atoms. The Morgan fingerprint density at radius 2 is 2.21 bits per heavy atom. The number of anilines is 1. The van der Waals surface area contributed by atoms with Crippen molar-refractivity contribution in [1.29, 1.82) is 0 Å². The van der Waals surface area contributed by atoms with Crippen molar-refractivity contribution in [3.05, 3.63) is 22.3 Å². The number of aliphatic hydroxyl groups is 1. The van der Waals surface area contributed by atoms with Crippen LogP contribution in [0.1, 0.15) is 30.6 Å². The van der Waals surface area contributed by atoms with Crippen LogP contribution in [-0.2, 0) is 0 Å². The Hall–Kier alpha value is -1.14. The second-order valence-corrected chi connectivity index (χ2v) is 5.01. The fourth-order valence-corrected chi connectivity index (χ4v) is 2.12. The number of carbonyl (C=O) groups is 1. The summed E-state index contributed by atoms with van der Waals surface area (Å²) in [7, 11) is 0. The minimum Gasteiger partial charge on any atom is -0.395 e. The molecule has 0 atom stereocenters. The number of nitrogens with zero attached hydrogens (tertiary/aromatic N) is 2. The molecule has 0 fully saturated rings. The Morgan fingerprint density at radius 3 is 2.79 bits per heavy atom. The van der Waals surface area contributed by atoms with Gasteiger partial charge in [-0.2, -0.15) is 0 Å². The van der Waals surface area contributed by atoms with Crippen LogP contribution in [0, 0.1) is 0 Å². The predicted octanol–water partition coefficient (Wildman–Crippen LogP) is 2.12. The van der Waals surface area contributed by atoms with Crippen LogP contribution in [0.2, 0.25) is 0 Å². The van der Waals surface area contributed by atoms with E-state index in [4.69, 9.17) is 5.11 Å². The standard InChI is InChI=1S/C13H20BrN3O2/c1-3-5-17(6-7-18)13(19)11-8-10(14)9-16-12(11)15-4-2/h8-9,18H,3-7H2,1-2H3,(H,15,16). The molecule has 106 valence electrons. The lowest BCUT2D eigenvalue weighted by molar-refractivity contribution is 0.0722. The summed E-state index contributed by atoms with van der Waals surface area (Å²) < 4.78 is 0.762. The molecule has 0 saturated carbocycles. The van der Waals surface area contributed by atoms with E-state index in [0.717, 1.165) is 10.9 Å². The van der Waals surface area contributed by atoms with Gasteiger partial charge in [0.2, 0.25) is 0 Å². The highest BCUT2D eigenvalue weighted by Crippen LogP contribution is 2.20. The highest BCUT2D eigenvalue weighted by atomic mass is 79.9. The van der Waals surface area contributed by atoms with Crippen molar-refractivity contribution in [1.82, 2.24) is 9.88 Å². The molecular weight excluding hydrogens is 310 g/mol. The lowest BCUT2D eigenvalue weighted by Gasteiger charge is -2.22. The molecule has 0 spiro atoms. The maximum absolute atomic E-state index is 12.5. The molecule has 1 heterocycles. The Bertz CT molecular complexity index is 420. The molecule has 1 amide bonds. The van der Waals surface area contributed by atoms with Gasteiger partial charge in [0, 0.05) is 30.3 Å². The van der Waals surface area contributed by atoms with E-state index in [1.165, 1.54) is 0 Å². The number of halogens is 1. The number of carbonyl (C=O) groups excluding carboxylic acids is 1. The van der Waals surface area contributed by atoms with E-state index < -0.39 is 0 Å². The van der Waals surface area contributed by atoms with Crippen molar-refractivity contribution in [3.63, 3.8) is 0 Å². The quantitative estimate of drug-likeness (QED) is 0.804. The van der Waals surface area contributed by atoms with E-state index in [2.05, 4.69) is 26.2 Å². The van der Waals surface area contributed by atoms with Crippen molar-refractivity contribution in [2.75, 3.05) is 31.6 Å². The van der Waals surface area contributed by atoms with Crippen LogP contribution >= 0.6 is 15.9 Å². The minimum atomic E-state index is -0.111. The number of nitrogens with one attached hydrogen (secondary N) is 1. The van der Waals surface area contributed by atoms with E-state index in [0.29, 0.717) is 31.0 Å². The summed E-state index contributed by atoms with van der Waals surface area (Å²) in [6, 6.07) is 1.76. The Kier molecular flexibility index (Phi) is 6.80. The van der Waals surface area contributed by atoms with E-state index in [9.17, 15) is 4.79 Å². The molecular formula is C13H20BrN3O2. The number of pyridine rings is 1. The normalized spacial score (nSPS) is 10.3. The third kappa shape index (κ3) is 4.47. The Morgan fingerprint density at radius 1 is 1.47 bits per heavy atom. The van der Waals surface area contributed by atoms with Crippen LogP contribution in [-0.4, -0.2) is 47.1 Å². The smallest absolute Gasteiger partial charge is 0.257 e. The average Bonchev–Trinajstić information content (AvgIpc) is 2.40. The molecule has 0 aliphatic carbocycles. The molecule has 0 aliphatic rings. The van der Waals surface area contributed by atoms with Gasteiger partial charge in [0.25, 0.3) is 5.91 Å². The predicted molar refractivity (Wildman–Crippen MR) is 79.4 cm³/mol. The van der Waals surface area contributed by atoms with Gasteiger partial charge in [-0.25, -0.2) is 4.98 Å². The first-order chi connectivity index (χ1) is 9.13. The molecule has 0 saturated heterocycles. The molecule has 1 aromatic heterocycles. The second kappa shape index (κ2) is 8.12.